The van der Waals surface area contributed by atoms with Crippen LogP contribution in [0.1, 0.15) is 57.4 Å². The molecule has 2 fully saturated rings. The lowest BCUT2D eigenvalue weighted by Gasteiger charge is -2.33. The van der Waals surface area contributed by atoms with Gasteiger partial charge in [-0.25, -0.2) is 0 Å². The average Bonchev–Trinajstić information content (AvgIpc) is 3.37. The number of likely N-dealkylation sites (tertiary alicyclic amines) is 1. The van der Waals surface area contributed by atoms with E-state index in [1.165, 1.54) is 0 Å². The molecule has 3 atom stereocenters. The third-order valence-electron chi connectivity index (χ3n) is 7.57. The molecule has 1 aromatic carbocycles. The van der Waals surface area contributed by atoms with E-state index in [1.54, 1.807) is 4.90 Å². The Bertz CT molecular complexity index is 841. The molecule has 2 aliphatic heterocycles. The number of unbranched alkanes of at least 4 members (excludes halogenated alkanes) is 2. The lowest BCUT2D eigenvalue weighted by atomic mass is 9.94. The van der Waals surface area contributed by atoms with E-state index in [0.29, 0.717) is 32.5 Å². The molecular formula is C28H44N4O4. The summed E-state index contributed by atoms with van der Waals surface area (Å²) in [5, 5.41) is 12.8. The standard InChI is InChI=1S/C28H44N4O4/c1-3-4-6-12-23(20-26(34)31-17-15-30(2)16-18-31)27(35)29-25(19-22-10-7-5-8-11-22)28(36)32-14-9-13-24(32)21-33/h5,7-8,10-11,23-25,33H,3-4,6,9,12-21H2,1-2H3,(H,29,35)/t23-,24-,25-/m0/s1. The molecule has 200 valence electrons. The monoisotopic (exact) mass is 500 g/mol. The van der Waals surface area contributed by atoms with Crippen LogP contribution in [0.3, 0.4) is 0 Å². The molecule has 0 radical (unpaired) electrons. The van der Waals surface area contributed by atoms with Crippen LogP contribution in [0.4, 0.5) is 0 Å². The molecule has 0 spiro atoms. The fraction of sp³-hybridized carbons (Fsp3) is 0.679. The van der Waals surface area contributed by atoms with Gasteiger partial charge in [-0.05, 0) is 31.9 Å². The van der Waals surface area contributed by atoms with Crippen molar-refractivity contribution in [3.8, 4) is 0 Å². The zero-order valence-electron chi connectivity index (χ0n) is 22.0. The van der Waals surface area contributed by atoms with Gasteiger partial charge in [-0.3, -0.25) is 14.4 Å². The highest BCUT2D eigenvalue weighted by Gasteiger charge is 2.35. The van der Waals surface area contributed by atoms with Crippen LogP contribution in [0.25, 0.3) is 0 Å². The Hall–Kier alpha value is -2.45. The van der Waals surface area contributed by atoms with Crippen LogP contribution in [0.2, 0.25) is 0 Å². The summed E-state index contributed by atoms with van der Waals surface area (Å²) in [6, 6.07) is 8.76. The number of likely N-dealkylation sites (N-methyl/N-ethyl adjacent to an activating group) is 1. The number of nitrogens with one attached hydrogen (secondary N) is 1. The van der Waals surface area contributed by atoms with E-state index >= 15 is 0 Å². The number of benzene rings is 1. The molecule has 8 heteroatoms. The Kier molecular flexibility index (Phi) is 11.2. The van der Waals surface area contributed by atoms with Gasteiger partial charge in [0.1, 0.15) is 6.04 Å². The largest absolute Gasteiger partial charge is 0.394 e. The average molecular weight is 501 g/mol. The molecule has 0 aliphatic carbocycles. The molecule has 2 heterocycles. The van der Waals surface area contributed by atoms with Crippen LogP contribution >= 0.6 is 0 Å². The highest BCUT2D eigenvalue weighted by molar-refractivity contribution is 5.91. The fourth-order valence-electron chi connectivity index (χ4n) is 5.22. The van der Waals surface area contributed by atoms with Gasteiger partial charge in [-0.2, -0.15) is 0 Å². The number of hydrogen-bond acceptors (Lipinski definition) is 5. The predicted molar refractivity (Wildman–Crippen MR) is 140 cm³/mol. The maximum atomic E-state index is 13.6. The van der Waals surface area contributed by atoms with Gasteiger partial charge < -0.3 is 25.1 Å². The van der Waals surface area contributed by atoms with Crippen molar-refractivity contribution in [3.63, 3.8) is 0 Å². The summed E-state index contributed by atoms with van der Waals surface area (Å²) >= 11 is 0. The molecule has 0 bridgehead atoms. The second-order valence-electron chi connectivity index (χ2n) is 10.3. The minimum absolute atomic E-state index is 0.0190. The van der Waals surface area contributed by atoms with E-state index in [0.717, 1.165) is 50.8 Å². The van der Waals surface area contributed by atoms with Gasteiger partial charge in [0.25, 0.3) is 0 Å². The highest BCUT2D eigenvalue weighted by Crippen LogP contribution is 2.21. The number of carbonyl (C=O) groups is 3. The Morgan fingerprint density at radius 3 is 2.44 bits per heavy atom. The Balaban J connectivity index is 1.73. The molecule has 8 nitrogen and oxygen atoms in total. The van der Waals surface area contributed by atoms with Crippen LogP contribution in [0.15, 0.2) is 30.3 Å². The first-order valence-corrected chi connectivity index (χ1v) is 13.6. The van der Waals surface area contributed by atoms with E-state index in [9.17, 15) is 19.5 Å². The Morgan fingerprint density at radius 2 is 1.78 bits per heavy atom. The van der Waals surface area contributed by atoms with Crippen LogP contribution in [0, 0.1) is 5.92 Å². The predicted octanol–water partition coefficient (Wildman–Crippen LogP) is 2.06. The van der Waals surface area contributed by atoms with Gasteiger partial charge in [0, 0.05) is 51.5 Å². The van der Waals surface area contributed by atoms with Crippen molar-refractivity contribution in [2.75, 3.05) is 46.4 Å². The van der Waals surface area contributed by atoms with Crippen molar-refractivity contribution in [3.05, 3.63) is 35.9 Å². The molecule has 3 rings (SSSR count). The lowest BCUT2D eigenvalue weighted by molar-refractivity contribution is -0.140. The van der Waals surface area contributed by atoms with Crippen molar-refractivity contribution in [1.29, 1.82) is 0 Å². The normalized spacial score (nSPS) is 20.2. The Labute approximate surface area is 216 Å². The van der Waals surface area contributed by atoms with Gasteiger partial charge in [0.15, 0.2) is 0 Å². The maximum absolute atomic E-state index is 13.6. The minimum Gasteiger partial charge on any atom is -0.394 e. The van der Waals surface area contributed by atoms with Gasteiger partial charge >= 0.3 is 0 Å². The summed E-state index contributed by atoms with van der Waals surface area (Å²) in [5.41, 5.74) is 0.965. The molecule has 0 aromatic heterocycles. The summed E-state index contributed by atoms with van der Waals surface area (Å²) in [4.78, 5) is 46.0. The zero-order chi connectivity index (χ0) is 25.9. The van der Waals surface area contributed by atoms with Crippen molar-refractivity contribution in [1.82, 2.24) is 20.0 Å². The summed E-state index contributed by atoms with van der Waals surface area (Å²) in [6.45, 7) is 5.69. The smallest absolute Gasteiger partial charge is 0.245 e. The summed E-state index contributed by atoms with van der Waals surface area (Å²) in [5.74, 6) is -0.809. The van der Waals surface area contributed by atoms with Crippen molar-refractivity contribution < 1.29 is 19.5 Å². The quantitative estimate of drug-likeness (QED) is 0.429. The summed E-state index contributed by atoms with van der Waals surface area (Å²) in [7, 11) is 2.05. The number of aliphatic hydroxyl groups excluding tert-OH is 1. The van der Waals surface area contributed by atoms with E-state index in [2.05, 4.69) is 24.2 Å². The van der Waals surface area contributed by atoms with Crippen LogP contribution < -0.4 is 5.32 Å². The fourth-order valence-corrected chi connectivity index (χ4v) is 5.22. The first-order chi connectivity index (χ1) is 17.4. The second kappa shape index (κ2) is 14.3. The molecule has 0 unspecified atom stereocenters. The van der Waals surface area contributed by atoms with Crippen molar-refractivity contribution in [2.24, 2.45) is 5.92 Å². The van der Waals surface area contributed by atoms with E-state index in [4.69, 9.17) is 0 Å². The molecule has 1 aromatic rings. The molecule has 2 saturated heterocycles. The third-order valence-corrected chi connectivity index (χ3v) is 7.57. The summed E-state index contributed by atoms with van der Waals surface area (Å²) in [6.07, 6.45) is 5.73. The number of hydrogen-bond donors (Lipinski definition) is 2. The summed E-state index contributed by atoms with van der Waals surface area (Å²) < 4.78 is 0. The number of carbonyl (C=O) groups excluding carboxylic acids is 3. The van der Waals surface area contributed by atoms with Crippen LogP contribution in [-0.4, -0.2) is 96.0 Å². The number of aliphatic hydroxyl groups is 1. The highest BCUT2D eigenvalue weighted by atomic mass is 16.3. The lowest BCUT2D eigenvalue weighted by Crippen LogP contribution is -2.53. The van der Waals surface area contributed by atoms with Crippen LogP contribution in [-0.2, 0) is 20.8 Å². The molecule has 36 heavy (non-hydrogen) atoms. The molecule has 2 N–H and O–H groups in total. The zero-order valence-corrected chi connectivity index (χ0v) is 22.0. The number of nitrogens with zero attached hydrogens (tertiary/aromatic N) is 3. The van der Waals surface area contributed by atoms with Crippen molar-refractivity contribution >= 4 is 17.7 Å². The second-order valence-corrected chi connectivity index (χ2v) is 10.3. The topological polar surface area (TPSA) is 93.2 Å². The van der Waals surface area contributed by atoms with Crippen molar-refractivity contribution in [2.45, 2.75) is 70.4 Å². The molecule has 0 saturated carbocycles. The molecule has 2 aliphatic rings. The van der Waals surface area contributed by atoms with Gasteiger partial charge in [0.2, 0.25) is 17.7 Å². The first kappa shape index (κ1) is 28.1. The van der Waals surface area contributed by atoms with E-state index < -0.39 is 12.0 Å². The third kappa shape index (κ3) is 8.03. The number of amides is 3. The SMILES string of the molecule is CCCCC[C@@H](CC(=O)N1CCN(C)CC1)C(=O)N[C@@H](Cc1ccccc1)C(=O)N1CCC[C@H]1CO. The van der Waals surface area contributed by atoms with E-state index in [-0.39, 0.29) is 36.8 Å². The first-order valence-electron chi connectivity index (χ1n) is 13.6. The minimum atomic E-state index is -0.723. The number of rotatable bonds is 12. The van der Waals surface area contributed by atoms with Gasteiger partial charge in [-0.1, -0.05) is 56.5 Å². The molecule has 3 amide bonds. The maximum Gasteiger partial charge on any atom is 0.245 e. The number of piperazine rings is 1. The molecular weight excluding hydrogens is 456 g/mol. The van der Waals surface area contributed by atoms with Crippen LogP contribution in [0.5, 0.6) is 0 Å². The van der Waals surface area contributed by atoms with Gasteiger partial charge in [-0.15, -0.1) is 0 Å². The van der Waals surface area contributed by atoms with E-state index in [1.807, 2.05) is 35.2 Å². The Morgan fingerprint density at radius 1 is 1.06 bits per heavy atom. The van der Waals surface area contributed by atoms with Gasteiger partial charge in [0.05, 0.1) is 12.6 Å².